The van der Waals surface area contributed by atoms with E-state index in [1.165, 1.54) is 22.0 Å². The van der Waals surface area contributed by atoms with Gasteiger partial charge < -0.3 is 9.47 Å². The Hall–Kier alpha value is -2.24. The third-order valence-electron chi connectivity index (χ3n) is 5.45. The van der Waals surface area contributed by atoms with Crippen LogP contribution >= 0.6 is 0 Å². The van der Waals surface area contributed by atoms with Crippen molar-refractivity contribution in [3.63, 3.8) is 0 Å². The van der Waals surface area contributed by atoms with Crippen molar-refractivity contribution in [2.75, 3.05) is 33.2 Å². The summed E-state index contributed by atoms with van der Waals surface area (Å²) in [4.78, 5) is 13.8. The van der Waals surface area contributed by atoms with E-state index < -0.39 is 0 Å². The summed E-state index contributed by atoms with van der Waals surface area (Å²) in [5.41, 5.74) is 2.64. The van der Waals surface area contributed by atoms with E-state index in [-0.39, 0.29) is 0 Å². The number of fused-ring (bicyclic) bond motifs is 1. The van der Waals surface area contributed by atoms with Gasteiger partial charge >= 0.3 is 0 Å². The molecule has 0 radical (unpaired) electrons. The SMILES string of the molecule is CN1CCN(Cc2cncn2C)C[C@@H](Cc2cncc3ccccc23)C1. The molecule has 3 aromatic rings. The van der Waals surface area contributed by atoms with Crippen LogP contribution in [0.1, 0.15) is 11.3 Å². The summed E-state index contributed by atoms with van der Waals surface area (Å²) in [6, 6.07) is 8.59. The highest BCUT2D eigenvalue weighted by Gasteiger charge is 2.22. The molecule has 1 saturated heterocycles. The van der Waals surface area contributed by atoms with Gasteiger partial charge in [-0.3, -0.25) is 9.88 Å². The first-order chi connectivity index (χ1) is 12.7. The quantitative estimate of drug-likeness (QED) is 0.725. The van der Waals surface area contributed by atoms with Gasteiger partial charge in [0.2, 0.25) is 0 Å². The summed E-state index contributed by atoms with van der Waals surface area (Å²) in [5, 5.41) is 2.58. The average Bonchev–Trinajstić information content (AvgIpc) is 2.95. The topological polar surface area (TPSA) is 37.2 Å². The lowest BCUT2D eigenvalue weighted by Gasteiger charge is -2.24. The van der Waals surface area contributed by atoms with Gasteiger partial charge in [-0.25, -0.2) is 4.98 Å². The molecule has 5 heteroatoms. The average molecular weight is 349 g/mol. The maximum absolute atomic E-state index is 4.47. The number of aromatic nitrogens is 3. The zero-order valence-corrected chi connectivity index (χ0v) is 15.7. The second-order valence-electron chi connectivity index (χ2n) is 7.58. The summed E-state index contributed by atoms with van der Waals surface area (Å²) in [5.74, 6) is 0.600. The molecule has 1 aromatic carbocycles. The minimum absolute atomic E-state index is 0.600. The molecule has 0 bridgehead atoms. The maximum Gasteiger partial charge on any atom is 0.0945 e. The number of rotatable bonds is 4. The second-order valence-corrected chi connectivity index (χ2v) is 7.58. The van der Waals surface area contributed by atoms with E-state index in [4.69, 9.17) is 0 Å². The number of imidazole rings is 1. The van der Waals surface area contributed by atoms with Crippen molar-refractivity contribution in [1.29, 1.82) is 0 Å². The van der Waals surface area contributed by atoms with E-state index in [0.717, 1.165) is 39.1 Å². The summed E-state index contributed by atoms with van der Waals surface area (Å²) >= 11 is 0. The number of likely N-dealkylation sites (N-methyl/N-ethyl adjacent to an activating group) is 1. The molecule has 1 aliphatic rings. The Morgan fingerprint density at radius 2 is 1.88 bits per heavy atom. The van der Waals surface area contributed by atoms with Crippen molar-refractivity contribution in [3.05, 3.63) is 60.4 Å². The smallest absolute Gasteiger partial charge is 0.0945 e. The van der Waals surface area contributed by atoms with E-state index in [2.05, 4.69) is 68.9 Å². The molecule has 0 N–H and O–H groups in total. The van der Waals surface area contributed by atoms with Gasteiger partial charge in [-0.05, 0) is 30.3 Å². The summed E-state index contributed by atoms with van der Waals surface area (Å²) in [7, 11) is 4.31. The van der Waals surface area contributed by atoms with Crippen LogP contribution in [0.3, 0.4) is 0 Å². The molecule has 0 amide bonds. The molecular formula is C21H27N5. The molecule has 0 saturated carbocycles. The lowest BCUT2D eigenvalue weighted by Crippen LogP contribution is -2.31. The van der Waals surface area contributed by atoms with Crippen molar-refractivity contribution in [1.82, 2.24) is 24.3 Å². The summed E-state index contributed by atoms with van der Waals surface area (Å²) in [6.45, 7) is 5.42. The fourth-order valence-electron chi connectivity index (χ4n) is 4.05. The van der Waals surface area contributed by atoms with Gasteiger partial charge in [-0.1, -0.05) is 24.3 Å². The van der Waals surface area contributed by atoms with E-state index in [0.29, 0.717) is 5.92 Å². The van der Waals surface area contributed by atoms with Crippen LogP contribution in [0.5, 0.6) is 0 Å². The van der Waals surface area contributed by atoms with E-state index >= 15 is 0 Å². The van der Waals surface area contributed by atoms with Gasteiger partial charge in [0, 0.05) is 63.7 Å². The molecule has 4 rings (SSSR count). The van der Waals surface area contributed by atoms with E-state index in [1.807, 2.05) is 18.7 Å². The molecule has 5 nitrogen and oxygen atoms in total. The Bertz CT molecular complexity index is 866. The van der Waals surface area contributed by atoms with Crippen LogP contribution in [-0.4, -0.2) is 57.6 Å². The monoisotopic (exact) mass is 349 g/mol. The Kier molecular flexibility index (Phi) is 5.00. The number of benzene rings is 1. The first-order valence-electron chi connectivity index (χ1n) is 9.37. The Labute approximate surface area is 155 Å². The van der Waals surface area contributed by atoms with Crippen molar-refractivity contribution in [2.24, 2.45) is 13.0 Å². The van der Waals surface area contributed by atoms with Crippen molar-refractivity contribution >= 4 is 10.8 Å². The highest BCUT2D eigenvalue weighted by Crippen LogP contribution is 2.22. The number of pyridine rings is 1. The number of hydrogen-bond acceptors (Lipinski definition) is 4. The predicted molar refractivity (Wildman–Crippen MR) is 105 cm³/mol. The standard InChI is InChI=1S/C21H27N5/c1-24-7-8-26(15-20-12-23-16-25(20)2)14-17(13-24)9-19-11-22-10-18-5-3-4-6-21(18)19/h3-6,10-12,16-17H,7-9,13-15H2,1-2H3/t17-/m0/s1. The van der Waals surface area contributed by atoms with Gasteiger partial charge in [-0.2, -0.15) is 0 Å². The van der Waals surface area contributed by atoms with Gasteiger partial charge in [0.15, 0.2) is 0 Å². The van der Waals surface area contributed by atoms with Crippen molar-refractivity contribution in [3.8, 4) is 0 Å². The predicted octanol–water partition coefficient (Wildman–Crippen LogP) is 2.57. The minimum atomic E-state index is 0.600. The van der Waals surface area contributed by atoms with Gasteiger partial charge in [0.25, 0.3) is 0 Å². The van der Waals surface area contributed by atoms with Gasteiger partial charge in [0.1, 0.15) is 0 Å². The summed E-state index contributed by atoms with van der Waals surface area (Å²) in [6.07, 6.45) is 8.96. The molecule has 1 fully saturated rings. The maximum atomic E-state index is 4.47. The molecule has 1 atom stereocenters. The third kappa shape index (κ3) is 3.79. The Morgan fingerprint density at radius 3 is 2.73 bits per heavy atom. The first-order valence-corrected chi connectivity index (χ1v) is 9.37. The first kappa shape index (κ1) is 17.2. The molecular weight excluding hydrogens is 322 g/mol. The lowest BCUT2D eigenvalue weighted by atomic mass is 9.96. The molecule has 26 heavy (non-hydrogen) atoms. The van der Waals surface area contributed by atoms with Crippen LogP contribution < -0.4 is 0 Å². The largest absolute Gasteiger partial charge is 0.337 e. The molecule has 0 unspecified atom stereocenters. The van der Waals surface area contributed by atoms with Crippen molar-refractivity contribution < 1.29 is 0 Å². The van der Waals surface area contributed by atoms with E-state index in [1.54, 1.807) is 0 Å². The molecule has 2 aromatic heterocycles. The van der Waals surface area contributed by atoms with E-state index in [9.17, 15) is 0 Å². The Morgan fingerprint density at radius 1 is 1.00 bits per heavy atom. The fourth-order valence-corrected chi connectivity index (χ4v) is 4.05. The second kappa shape index (κ2) is 7.56. The highest BCUT2D eigenvalue weighted by molar-refractivity contribution is 5.84. The number of hydrogen-bond donors (Lipinski definition) is 0. The zero-order valence-electron chi connectivity index (χ0n) is 15.7. The van der Waals surface area contributed by atoms with Crippen LogP contribution in [0.15, 0.2) is 49.2 Å². The Balaban J connectivity index is 1.53. The molecule has 0 aliphatic carbocycles. The minimum Gasteiger partial charge on any atom is -0.337 e. The molecule has 3 heterocycles. The third-order valence-corrected chi connectivity index (χ3v) is 5.45. The lowest BCUT2D eigenvalue weighted by molar-refractivity contribution is 0.244. The van der Waals surface area contributed by atoms with Crippen LogP contribution in [0, 0.1) is 5.92 Å². The van der Waals surface area contributed by atoms with Crippen LogP contribution in [-0.2, 0) is 20.0 Å². The number of aryl methyl sites for hydroxylation is 1. The van der Waals surface area contributed by atoms with Gasteiger partial charge in [-0.15, -0.1) is 0 Å². The van der Waals surface area contributed by atoms with Gasteiger partial charge in [0.05, 0.1) is 12.0 Å². The normalized spacial score (nSPS) is 19.7. The molecule has 1 aliphatic heterocycles. The zero-order chi connectivity index (χ0) is 17.9. The summed E-state index contributed by atoms with van der Waals surface area (Å²) < 4.78 is 2.12. The number of nitrogens with zero attached hydrogens (tertiary/aromatic N) is 5. The molecule has 0 spiro atoms. The van der Waals surface area contributed by atoms with Crippen LogP contribution in [0.4, 0.5) is 0 Å². The highest BCUT2D eigenvalue weighted by atomic mass is 15.2. The van der Waals surface area contributed by atoms with Crippen LogP contribution in [0.25, 0.3) is 10.8 Å². The van der Waals surface area contributed by atoms with Crippen molar-refractivity contribution in [2.45, 2.75) is 13.0 Å². The van der Waals surface area contributed by atoms with Crippen LogP contribution in [0.2, 0.25) is 0 Å². The fraction of sp³-hybridized carbons (Fsp3) is 0.429. The molecule has 136 valence electrons.